The van der Waals surface area contributed by atoms with Crippen LogP contribution in [0, 0.1) is 0 Å². The van der Waals surface area contributed by atoms with E-state index in [0.29, 0.717) is 0 Å². The lowest BCUT2D eigenvalue weighted by atomic mass is 10.1. The minimum atomic E-state index is 0.780. The molecule has 0 radical (unpaired) electrons. The molecule has 0 aromatic heterocycles. The Balaban J connectivity index is 1.88. The second-order valence-corrected chi connectivity index (χ2v) is 5.29. The summed E-state index contributed by atoms with van der Waals surface area (Å²) in [4.78, 5) is 4.94. The van der Waals surface area contributed by atoms with Gasteiger partial charge in [-0.15, -0.1) is 0 Å². The number of likely N-dealkylation sites (N-methyl/N-ethyl adjacent to an activating group) is 1. The van der Waals surface area contributed by atoms with E-state index in [0.717, 1.165) is 25.9 Å². The molecule has 1 saturated heterocycles. The van der Waals surface area contributed by atoms with Crippen molar-refractivity contribution in [3.05, 3.63) is 35.4 Å². The molecular weight excluding hydrogens is 222 g/mol. The zero-order valence-electron chi connectivity index (χ0n) is 11.4. The second kappa shape index (κ2) is 6.88. The maximum absolute atomic E-state index is 5.56. The van der Waals surface area contributed by atoms with Gasteiger partial charge in [-0.2, -0.15) is 0 Å². The van der Waals surface area contributed by atoms with Crippen LogP contribution in [0.5, 0.6) is 0 Å². The van der Waals surface area contributed by atoms with Gasteiger partial charge in [0.05, 0.1) is 0 Å². The summed E-state index contributed by atoms with van der Waals surface area (Å²) in [6, 6.07) is 8.97. The Bertz CT molecular complexity index is 357. The van der Waals surface area contributed by atoms with Crippen molar-refractivity contribution in [1.82, 2.24) is 9.80 Å². The quantitative estimate of drug-likeness (QED) is 0.852. The van der Waals surface area contributed by atoms with Crippen molar-refractivity contribution in [3.8, 4) is 0 Å². The number of nitrogens with two attached hydrogens (primary N) is 1. The van der Waals surface area contributed by atoms with Gasteiger partial charge in [0.1, 0.15) is 0 Å². The number of piperazine rings is 1. The van der Waals surface area contributed by atoms with Crippen molar-refractivity contribution in [1.29, 1.82) is 0 Å². The summed E-state index contributed by atoms with van der Waals surface area (Å²) in [5, 5.41) is 0. The first kappa shape index (κ1) is 13.5. The van der Waals surface area contributed by atoms with Gasteiger partial charge in [-0.05, 0) is 37.6 Å². The minimum Gasteiger partial charge on any atom is -0.330 e. The monoisotopic (exact) mass is 247 g/mol. The highest BCUT2D eigenvalue weighted by Gasteiger charge is 2.13. The lowest BCUT2D eigenvalue weighted by Gasteiger charge is -2.32. The van der Waals surface area contributed by atoms with Crippen LogP contribution >= 0.6 is 0 Å². The fourth-order valence-corrected chi connectivity index (χ4v) is 2.45. The van der Waals surface area contributed by atoms with Crippen molar-refractivity contribution in [2.75, 3.05) is 39.8 Å². The fraction of sp³-hybridized carbons (Fsp3) is 0.600. The van der Waals surface area contributed by atoms with Crippen LogP contribution in [0.15, 0.2) is 24.3 Å². The van der Waals surface area contributed by atoms with E-state index < -0.39 is 0 Å². The summed E-state index contributed by atoms with van der Waals surface area (Å²) in [6.07, 6.45) is 2.19. The molecule has 1 fully saturated rings. The highest BCUT2D eigenvalue weighted by atomic mass is 15.2. The Morgan fingerprint density at radius 2 is 1.83 bits per heavy atom. The third-order valence-electron chi connectivity index (χ3n) is 3.66. The molecule has 2 rings (SSSR count). The van der Waals surface area contributed by atoms with E-state index >= 15 is 0 Å². The number of hydrogen-bond donors (Lipinski definition) is 1. The summed E-state index contributed by atoms with van der Waals surface area (Å²) in [5.41, 5.74) is 8.43. The van der Waals surface area contributed by atoms with Crippen LogP contribution in [-0.4, -0.2) is 49.6 Å². The van der Waals surface area contributed by atoms with Gasteiger partial charge in [0.2, 0.25) is 0 Å². The number of rotatable bonds is 5. The van der Waals surface area contributed by atoms with Gasteiger partial charge in [-0.25, -0.2) is 0 Å². The van der Waals surface area contributed by atoms with Crippen LogP contribution < -0.4 is 5.73 Å². The number of benzene rings is 1. The predicted octanol–water partition coefficient (Wildman–Crippen LogP) is 1.33. The highest BCUT2D eigenvalue weighted by Crippen LogP contribution is 2.11. The maximum Gasteiger partial charge on any atom is 0.0234 e. The molecule has 1 aliphatic heterocycles. The molecule has 1 aromatic carbocycles. The molecule has 0 amide bonds. The Kier molecular flexibility index (Phi) is 5.17. The molecule has 3 nitrogen and oxygen atoms in total. The van der Waals surface area contributed by atoms with E-state index in [1.54, 1.807) is 0 Å². The average molecular weight is 247 g/mol. The zero-order valence-corrected chi connectivity index (χ0v) is 11.4. The summed E-state index contributed by atoms with van der Waals surface area (Å²) >= 11 is 0. The van der Waals surface area contributed by atoms with E-state index in [-0.39, 0.29) is 0 Å². The van der Waals surface area contributed by atoms with Crippen LogP contribution in [0.25, 0.3) is 0 Å². The largest absolute Gasteiger partial charge is 0.330 e. The summed E-state index contributed by atoms with van der Waals surface area (Å²) < 4.78 is 0. The first-order chi connectivity index (χ1) is 8.78. The molecule has 1 heterocycles. The van der Waals surface area contributed by atoms with E-state index in [1.165, 1.54) is 37.3 Å². The Labute approximate surface area is 111 Å². The molecule has 0 atom stereocenters. The molecule has 18 heavy (non-hydrogen) atoms. The van der Waals surface area contributed by atoms with E-state index in [9.17, 15) is 0 Å². The van der Waals surface area contributed by atoms with Gasteiger partial charge in [-0.1, -0.05) is 24.3 Å². The Morgan fingerprint density at radius 1 is 1.11 bits per heavy atom. The van der Waals surface area contributed by atoms with Crippen LogP contribution in [0.4, 0.5) is 0 Å². The van der Waals surface area contributed by atoms with Gasteiger partial charge in [0, 0.05) is 32.7 Å². The number of aryl methyl sites for hydroxylation is 1. The van der Waals surface area contributed by atoms with Crippen LogP contribution in [0.1, 0.15) is 17.5 Å². The van der Waals surface area contributed by atoms with Gasteiger partial charge in [-0.3, -0.25) is 4.90 Å². The topological polar surface area (TPSA) is 32.5 Å². The molecule has 100 valence electrons. The average Bonchev–Trinajstić information content (AvgIpc) is 2.40. The van der Waals surface area contributed by atoms with Crippen molar-refractivity contribution >= 4 is 0 Å². The maximum atomic E-state index is 5.56. The van der Waals surface area contributed by atoms with Crippen LogP contribution in [0.3, 0.4) is 0 Å². The molecule has 1 aliphatic rings. The molecule has 0 spiro atoms. The Morgan fingerprint density at radius 3 is 2.56 bits per heavy atom. The predicted molar refractivity (Wildman–Crippen MR) is 76.6 cm³/mol. The molecule has 0 aliphatic carbocycles. The first-order valence-corrected chi connectivity index (χ1v) is 6.97. The number of nitrogens with zero attached hydrogens (tertiary/aromatic N) is 2. The van der Waals surface area contributed by atoms with Gasteiger partial charge in [0.15, 0.2) is 0 Å². The SMILES string of the molecule is CN1CCN(Cc2cccc(CCCN)c2)CC1. The van der Waals surface area contributed by atoms with Gasteiger partial charge >= 0.3 is 0 Å². The van der Waals surface area contributed by atoms with Gasteiger partial charge in [0.25, 0.3) is 0 Å². The van der Waals surface area contributed by atoms with Crippen LogP contribution in [0.2, 0.25) is 0 Å². The standard InChI is InChI=1S/C15H25N3/c1-17-8-10-18(11-9-17)13-15-5-2-4-14(12-15)6-3-7-16/h2,4-5,12H,3,6-11,13,16H2,1H3. The van der Waals surface area contributed by atoms with Crippen molar-refractivity contribution < 1.29 is 0 Å². The summed E-state index contributed by atoms with van der Waals surface area (Å²) in [5.74, 6) is 0. The highest BCUT2D eigenvalue weighted by molar-refractivity contribution is 5.23. The normalized spacial score (nSPS) is 18.1. The van der Waals surface area contributed by atoms with Gasteiger partial charge < -0.3 is 10.6 Å². The minimum absolute atomic E-state index is 0.780. The lowest BCUT2D eigenvalue weighted by molar-refractivity contribution is 0.148. The van der Waals surface area contributed by atoms with Crippen molar-refractivity contribution in [2.24, 2.45) is 5.73 Å². The Hall–Kier alpha value is -0.900. The van der Waals surface area contributed by atoms with Crippen molar-refractivity contribution in [3.63, 3.8) is 0 Å². The first-order valence-electron chi connectivity index (χ1n) is 6.97. The summed E-state index contributed by atoms with van der Waals surface area (Å²) in [6.45, 7) is 6.61. The molecule has 0 unspecified atom stereocenters. The molecular formula is C15H25N3. The zero-order chi connectivity index (χ0) is 12.8. The molecule has 0 saturated carbocycles. The number of hydrogen-bond acceptors (Lipinski definition) is 3. The molecule has 2 N–H and O–H groups in total. The van der Waals surface area contributed by atoms with Crippen LogP contribution in [-0.2, 0) is 13.0 Å². The molecule has 1 aromatic rings. The summed E-state index contributed by atoms with van der Waals surface area (Å²) in [7, 11) is 2.20. The smallest absolute Gasteiger partial charge is 0.0234 e. The molecule has 3 heteroatoms. The third kappa shape index (κ3) is 4.09. The lowest BCUT2D eigenvalue weighted by Crippen LogP contribution is -2.43. The van der Waals surface area contributed by atoms with E-state index in [2.05, 4.69) is 41.1 Å². The second-order valence-electron chi connectivity index (χ2n) is 5.29. The third-order valence-corrected chi connectivity index (χ3v) is 3.66. The van der Waals surface area contributed by atoms with Crippen molar-refractivity contribution in [2.45, 2.75) is 19.4 Å². The van der Waals surface area contributed by atoms with E-state index in [4.69, 9.17) is 5.73 Å². The molecule has 0 bridgehead atoms. The fourth-order valence-electron chi connectivity index (χ4n) is 2.45. The van der Waals surface area contributed by atoms with E-state index in [1.807, 2.05) is 0 Å².